The molecule has 1 heterocycles. The number of allylic oxidation sites excluding steroid dienone is 2. The van der Waals surface area contributed by atoms with Gasteiger partial charge in [0.25, 0.3) is 0 Å². The molecule has 0 saturated heterocycles. The van der Waals surface area contributed by atoms with Crippen molar-refractivity contribution in [2.45, 2.75) is 18.4 Å². The van der Waals surface area contributed by atoms with Crippen LogP contribution in [0.4, 0.5) is 5.69 Å². The molecule has 2 aromatic carbocycles. The number of carbonyl (C=O) groups is 1. The molecule has 2 aliphatic rings. The molecule has 4 rings (SSSR count). The SMILES string of the molecule is COc1ccccc1[C@@H]1Nc2c(C(=O)O)cc(Br)cc2[C@@H]2C=CC[C@@H]21. The molecule has 0 bridgehead atoms. The van der Waals surface area contributed by atoms with E-state index in [0.29, 0.717) is 17.2 Å². The molecule has 128 valence electrons. The third-order valence-corrected chi connectivity index (χ3v) is 5.60. The fraction of sp³-hybridized carbons (Fsp3) is 0.250. The van der Waals surface area contributed by atoms with Crippen molar-refractivity contribution < 1.29 is 14.6 Å². The summed E-state index contributed by atoms with van der Waals surface area (Å²) in [6.07, 6.45) is 5.34. The lowest BCUT2D eigenvalue weighted by atomic mass is 9.76. The minimum Gasteiger partial charge on any atom is -0.496 e. The first-order valence-electron chi connectivity index (χ1n) is 8.23. The smallest absolute Gasteiger partial charge is 0.337 e. The zero-order valence-corrected chi connectivity index (χ0v) is 15.3. The Labute approximate surface area is 154 Å². The van der Waals surface area contributed by atoms with Gasteiger partial charge in [-0.05, 0) is 36.1 Å². The number of fused-ring (bicyclic) bond motifs is 3. The Balaban J connectivity index is 1.88. The van der Waals surface area contributed by atoms with Gasteiger partial charge < -0.3 is 15.2 Å². The number of nitrogens with one attached hydrogen (secondary N) is 1. The minimum absolute atomic E-state index is 0.00271. The quantitative estimate of drug-likeness (QED) is 0.714. The molecule has 25 heavy (non-hydrogen) atoms. The van der Waals surface area contributed by atoms with E-state index in [-0.39, 0.29) is 12.0 Å². The number of ether oxygens (including phenoxy) is 1. The first-order chi connectivity index (χ1) is 12.1. The van der Waals surface area contributed by atoms with Crippen LogP contribution in [0.5, 0.6) is 5.75 Å². The molecule has 1 aliphatic heterocycles. The summed E-state index contributed by atoms with van der Waals surface area (Å²) in [4.78, 5) is 11.8. The van der Waals surface area contributed by atoms with E-state index in [1.807, 2.05) is 24.3 Å². The second-order valence-electron chi connectivity index (χ2n) is 6.44. The molecule has 0 amide bonds. The highest BCUT2D eigenvalue weighted by molar-refractivity contribution is 9.10. The van der Waals surface area contributed by atoms with E-state index in [2.05, 4.69) is 39.5 Å². The van der Waals surface area contributed by atoms with E-state index >= 15 is 0 Å². The predicted molar refractivity (Wildman–Crippen MR) is 100 cm³/mol. The van der Waals surface area contributed by atoms with Gasteiger partial charge in [-0.15, -0.1) is 0 Å². The van der Waals surface area contributed by atoms with Crippen LogP contribution in [0.25, 0.3) is 0 Å². The third kappa shape index (κ3) is 2.63. The molecule has 0 saturated carbocycles. The van der Waals surface area contributed by atoms with Crippen molar-refractivity contribution in [1.29, 1.82) is 0 Å². The van der Waals surface area contributed by atoms with E-state index in [1.54, 1.807) is 13.2 Å². The van der Waals surface area contributed by atoms with Gasteiger partial charge in [0.15, 0.2) is 0 Å². The van der Waals surface area contributed by atoms with E-state index in [4.69, 9.17) is 4.74 Å². The van der Waals surface area contributed by atoms with Gasteiger partial charge >= 0.3 is 5.97 Å². The molecule has 5 heteroatoms. The lowest BCUT2D eigenvalue weighted by Gasteiger charge is -2.38. The molecule has 1 aliphatic carbocycles. The normalized spacial score (nSPS) is 23.5. The fourth-order valence-corrected chi connectivity index (χ4v) is 4.54. The molecule has 0 fully saturated rings. The molecule has 0 aromatic heterocycles. The van der Waals surface area contributed by atoms with E-state index in [0.717, 1.165) is 27.8 Å². The van der Waals surface area contributed by atoms with Crippen LogP contribution in [0.3, 0.4) is 0 Å². The van der Waals surface area contributed by atoms with Gasteiger partial charge in [-0.3, -0.25) is 0 Å². The zero-order chi connectivity index (χ0) is 17.6. The van der Waals surface area contributed by atoms with Crippen molar-refractivity contribution in [3.63, 3.8) is 0 Å². The van der Waals surface area contributed by atoms with E-state index in [1.165, 1.54) is 0 Å². The van der Waals surface area contributed by atoms with Crippen LogP contribution < -0.4 is 10.1 Å². The number of aromatic carboxylic acids is 1. The zero-order valence-electron chi connectivity index (χ0n) is 13.7. The highest BCUT2D eigenvalue weighted by Crippen LogP contribution is 2.52. The largest absolute Gasteiger partial charge is 0.496 e. The maximum absolute atomic E-state index is 11.8. The summed E-state index contributed by atoms with van der Waals surface area (Å²) in [5.41, 5.74) is 3.10. The molecular formula is C20H18BrNO3. The lowest BCUT2D eigenvalue weighted by molar-refractivity contribution is 0.0697. The Morgan fingerprint density at radius 2 is 2.08 bits per heavy atom. The van der Waals surface area contributed by atoms with Gasteiger partial charge in [0, 0.05) is 16.0 Å². The number of halogens is 1. The van der Waals surface area contributed by atoms with Crippen molar-refractivity contribution in [3.8, 4) is 5.75 Å². The summed E-state index contributed by atoms with van der Waals surface area (Å²) < 4.78 is 6.34. The molecule has 0 spiro atoms. The van der Waals surface area contributed by atoms with Crippen LogP contribution in [0.2, 0.25) is 0 Å². The van der Waals surface area contributed by atoms with Gasteiger partial charge in [0.2, 0.25) is 0 Å². The van der Waals surface area contributed by atoms with Crippen molar-refractivity contribution in [3.05, 3.63) is 69.7 Å². The van der Waals surface area contributed by atoms with Gasteiger partial charge in [0.1, 0.15) is 5.75 Å². The number of anilines is 1. The second-order valence-corrected chi connectivity index (χ2v) is 7.36. The highest BCUT2D eigenvalue weighted by Gasteiger charge is 2.40. The standard InChI is InChI=1S/C20H18BrNO3/c1-25-17-8-3-2-5-14(17)18-13-7-4-6-12(13)15-9-11(21)10-16(20(23)24)19(15)22-18/h2-6,8-10,12-13,18,22H,7H2,1H3,(H,23,24)/t12-,13+,18-/m1/s1. The van der Waals surface area contributed by atoms with Gasteiger partial charge in [-0.2, -0.15) is 0 Å². The summed E-state index contributed by atoms with van der Waals surface area (Å²) in [6, 6.07) is 11.6. The number of para-hydroxylation sites is 1. The fourth-order valence-electron chi connectivity index (χ4n) is 4.06. The summed E-state index contributed by atoms with van der Waals surface area (Å²) >= 11 is 3.45. The molecule has 3 atom stereocenters. The topological polar surface area (TPSA) is 58.6 Å². The Hall–Kier alpha value is -2.27. The molecule has 0 unspecified atom stereocenters. The maximum Gasteiger partial charge on any atom is 0.337 e. The maximum atomic E-state index is 11.8. The van der Waals surface area contributed by atoms with E-state index in [9.17, 15) is 9.90 Å². The number of methoxy groups -OCH3 is 1. The number of rotatable bonds is 3. The number of benzene rings is 2. The lowest BCUT2D eigenvalue weighted by Crippen LogP contribution is -2.30. The van der Waals surface area contributed by atoms with Crippen LogP contribution in [0, 0.1) is 5.92 Å². The summed E-state index contributed by atoms with van der Waals surface area (Å²) in [7, 11) is 1.67. The summed E-state index contributed by atoms with van der Waals surface area (Å²) in [5.74, 6) is 0.425. The van der Waals surface area contributed by atoms with Crippen molar-refractivity contribution in [1.82, 2.24) is 0 Å². The van der Waals surface area contributed by atoms with E-state index < -0.39 is 5.97 Å². The van der Waals surface area contributed by atoms with Crippen LogP contribution in [0.1, 0.15) is 39.9 Å². The summed E-state index contributed by atoms with van der Waals surface area (Å²) in [6.45, 7) is 0. The minimum atomic E-state index is -0.927. The molecule has 2 aromatic rings. The first-order valence-corrected chi connectivity index (χ1v) is 9.02. The average molecular weight is 400 g/mol. The Bertz CT molecular complexity index is 877. The monoisotopic (exact) mass is 399 g/mol. The number of hydrogen-bond donors (Lipinski definition) is 2. The number of hydrogen-bond acceptors (Lipinski definition) is 3. The van der Waals surface area contributed by atoms with Gasteiger partial charge in [-0.25, -0.2) is 4.79 Å². The van der Waals surface area contributed by atoms with Crippen LogP contribution >= 0.6 is 15.9 Å². The van der Waals surface area contributed by atoms with Crippen molar-refractivity contribution >= 4 is 27.6 Å². The van der Waals surface area contributed by atoms with Crippen LogP contribution in [-0.2, 0) is 0 Å². The van der Waals surface area contributed by atoms with Gasteiger partial charge in [-0.1, -0.05) is 46.3 Å². The molecule has 2 N–H and O–H groups in total. The molecule has 4 nitrogen and oxygen atoms in total. The Morgan fingerprint density at radius 3 is 2.84 bits per heavy atom. The number of carboxylic acids is 1. The third-order valence-electron chi connectivity index (χ3n) is 5.14. The Kier molecular flexibility index (Phi) is 4.04. The highest BCUT2D eigenvalue weighted by atomic mass is 79.9. The average Bonchev–Trinajstić information content (AvgIpc) is 3.10. The van der Waals surface area contributed by atoms with Crippen LogP contribution in [0.15, 0.2) is 53.0 Å². The number of carboxylic acid groups (broad SMARTS) is 1. The van der Waals surface area contributed by atoms with Crippen molar-refractivity contribution in [2.75, 3.05) is 12.4 Å². The van der Waals surface area contributed by atoms with Crippen molar-refractivity contribution in [2.24, 2.45) is 5.92 Å². The first kappa shape index (κ1) is 16.2. The molecule has 0 radical (unpaired) electrons. The predicted octanol–water partition coefficient (Wildman–Crippen LogP) is 4.98. The van der Waals surface area contributed by atoms with Crippen LogP contribution in [-0.4, -0.2) is 18.2 Å². The Morgan fingerprint density at radius 1 is 1.28 bits per heavy atom. The summed E-state index contributed by atoms with van der Waals surface area (Å²) in [5, 5.41) is 13.2. The molecular weight excluding hydrogens is 382 g/mol. The second kappa shape index (κ2) is 6.23. The van der Waals surface area contributed by atoms with Gasteiger partial charge in [0.05, 0.1) is 24.4 Å².